The maximum Gasteiger partial charge on any atom is 0.259 e. The lowest BCUT2D eigenvalue weighted by Gasteiger charge is -2.17. The highest BCUT2D eigenvalue weighted by Crippen LogP contribution is 2.37. The molecule has 0 amide bonds. The SMILES string of the molecule is Cc1noc(CSc2ccccc2-c2nc(C3(N)CCCC3)no2)n1. The van der Waals surface area contributed by atoms with Crippen molar-refractivity contribution in [1.82, 2.24) is 20.3 Å². The van der Waals surface area contributed by atoms with Crippen LogP contribution in [-0.4, -0.2) is 20.3 Å². The van der Waals surface area contributed by atoms with Crippen LogP contribution in [0, 0.1) is 6.92 Å². The van der Waals surface area contributed by atoms with E-state index in [-0.39, 0.29) is 0 Å². The summed E-state index contributed by atoms with van der Waals surface area (Å²) in [6, 6.07) is 7.91. The lowest BCUT2D eigenvalue weighted by Crippen LogP contribution is -2.34. The van der Waals surface area contributed by atoms with E-state index in [0.29, 0.717) is 29.2 Å². The molecule has 0 saturated heterocycles. The highest BCUT2D eigenvalue weighted by Gasteiger charge is 2.36. The van der Waals surface area contributed by atoms with Crippen LogP contribution in [0.15, 0.2) is 38.2 Å². The molecule has 8 heteroatoms. The summed E-state index contributed by atoms with van der Waals surface area (Å²) in [4.78, 5) is 9.83. The van der Waals surface area contributed by atoms with E-state index in [1.54, 1.807) is 18.7 Å². The quantitative estimate of drug-likeness (QED) is 0.692. The third-order valence-corrected chi connectivity index (χ3v) is 5.46. The van der Waals surface area contributed by atoms with E-state index in [4.69, 9.17) is 14.8 Å². The van der Waals surface area contributed by atoms with Crippen LogP contribution in [0.3, 0.4) is 0 Å². The highest BCUT2D eigenvalue weighted by molar-refractivity contribution is 7.98. The molecule has 130 valence electrons. The number of benzene rings is 1. The van der Waals surface area contributed by atoms with Crippen molar-refractivity contribution in [2.75, 3.05) is 0 Å². The van der Waals surface area contributed by atoms with Crippen LogP contribution in [0.4, 0.5) is 0 Å². The molecule has 25 heavy (non-hydrogen) atoms. The molecule has 4 rings (SSSR count). The summed E-state index contributed by atoms with van der Waals surface area (Å²) in [5, 5.41) is 7.96. The average molecular weight is 357 g/mol. The number of thioether (sulfide) groups is 1. The predicted molar refractivity (Wildman–Crippen MR) is 92.7 cm³/mol. The molecule has 1 aromatic carbocycles. The third-order valence-electron chi connectivity index (χ3n) is 4.41. The molecule has 0 bridgehead atoms. The van der Waals surface area contributed by atoms with E-state index in [9.17, 15) is 0 Å². The van der Waals surface area contributed by atoms with E-state index in [2.05, 4.69) is 20.3 Å². The second-order valence-corrected chi connectivity index (χ2v) is 7.32. The molecule has 1 fully saturated rings. The summed E-state index contributed by atoms with van der Waals surface area (Å²) in [6.07, 6.45) is 4.02. The van der Waals surface area contributed by atoms with Gasteiger partial charge in [-0.3, -0.25) is 0 Å². The minimum atomic E-state index is -0.453. The van der Waals surface area contributed by atoms with Gasteiger partial charge in [0.1, 0.15) is 0 Å². The lowest BCUT2D eigenvalue weighted by atomic mass is 9.99. The molecule has 3 aromatic rings. The number of nitrogens with zero attached hydrogens (tertiary/aromatic N) is 4. The van der Waals surface area contributed by atoms with Crippen LogP contribution in [0.1, 0.15) is 43.2 Å². The maximum absolute atomic E-state index is 6.43. The van der Waals surface area contributed by atoms with E-state index >= 15 is 0 Å². The Kier molecular flexibility index (Phi) is 4.30. The first-order valence-electron chi connectivity index (χ1n) is 8.28. The summed E-state index contributed by atoms with van der Waals surface area (Å²) in [6.45, 7) is 1.80. The van der Waals surface area contributed by atoms with Gasteiger partial charge in [0.25, 0.3) is 5.89 Å². The van der Waals surface area contributed by atoms with E-state index < -0.39 is 5.54 Å². The summed E-state index contributed by atoms with van der Waals surface area (Å²) in [7, 11) is 0. The Hall–Kier alpha value is -2.19. The molecule has 0 radical (unpaired) electrons. The number of nitrogens with two attached hydrogens (primary N) is 1. The van der Waals surface area contributed by atoms with Crippen LogP contribution in [0.2, 0.25) is 0 Å². The number of aryl methyl sites for hydroxylation is 1. The molecule has 2 N–H and O–H groups in total. The molecule has 0 atom stereocenters. The summed E-state index contributed by atoms with van der Waals surface area (Å²) < 4.78 is 10.7. The van der Waals surface area contributed by atoms with Gasteiger partial charge in [-0.2, -0.15) is 9.97 Å². The van der Waals surface area contributed by atoms with Crippen molar-refractivity contribution in [1.29, 1.82) is 0 Å². The summed E-state index contributed by atoms with van der Waals surface area (Å²) >= 11 is 1.59. The standard InChI is InChI=1S/C17H19N5O2S/c1-11-19-14(23-21-11)10-25-13-7-3-2-6-12(13)15-20-16(22-24-15)17(18)8-4-5-9-17/h2-3,6-7H,4-5,8-10,18H2,1H3. The first-order chi connectivity index (χ1) is 12.1. The molecule has 1 saturated carbocycles. The highest BCUT2D eigenvalue weighted by atomic mass is 32.2. The maximum atomic E-state index is 6.43. The number of hydrogen-bond donors (Lipinski definition) is 1. The van der Waals surface area contributed by atoms with Crippen molar-refractivity contribution in [3.05, 3.63) is 41.8 Å². The number of rotatable bonds is 5. The Balaban J connectivity index is 1.57. The van der Waals surface area contributed by atoms with Gasteiger partial charge in [-0.15, -0.1) is 11.8 Å². The smallest absolute Gasteiger partial charge is 0.259 e. The molecule has 0 aliphatic heterocycles. The van der Waals surface area contributed by atoms with Gasteiger partial charge in [-0.05, 0) is 31.9 Å². The second-order valence-electron chi connectivity index (χ2n) is 6.31. The Morgan fingerprint density at radius 2 is 1.92 bits per heavy atom. The fraction of sp³-hybridized carbons (Fsp3) is 0.412. The van der Waals surface area contributed by atoms with Gasteiger partial charge in [0.05, 0.1) is 16.9 Å². The van der Waals surface area contributed by atoms with Crippen molar-refractivity contribution < 1.29 is 9.05 Å². The zero-order valence-corrected chi connectivity index (χ0v) is 14.8. The minimum Gasteiger partial charge on any atom is -0.338 e. The van der Waals surface area contributed by atoms with Crippen LogP contribution in [0.5, 0.6) is 0 Å². The van der Waals surface area contributed by atoms with Crippen molar-refractivity contribution in [3.8, 4) is 11.5 Å². The normalized spacial score (nSPS) is 16.4. The molecular weight excluding hydrogens is 338 g/mol. The Bertz CT molecular complexity index is 869. The predicted octanol–water partition coefficient (Wildman–Crippen LogP) is 3.45. The number of hydrogen-bond acceptors (Lipinski definition) is 8. The zero-order chi connectivity index (χ0) is 17.3. The van der Waals surface area contributed by atoms with Gasteiger partial charge in [0.15, 0.2) is 11.6 Å². The molecule has 2 aromatic heterocycles. The minimum absolute atomic E-state index is 0.453. The van der Waals surface area contributed by atoms with E-state index in [0.717, 1.165) is 36.1 Å². The molecule has 1 aliphatic carbocycles. The van der Waals surface area contributed by atoms with Crippen molar-refractivity contribution in [3.63, 3.8) is 0 Å². The first kappa shape index (κ1) is 16.3. The second kappa shape index (κ2) is 6.61. The Morgan fingerprint density at radius 1 is 1.12 bits per heavy atom. The molecule has 2 heterocycles. The molecule has 1 aliphatic rings. The topological polar surface area (TPSA) is 104 Å². The lowest BCUT2D eigenvalue weighted by molar-refractivity contribution is 0.372. The largest absolute Gasteiger partial charge is 0.338 e. The molecule has 0 unspecified atom stereocenters. The Morgan fingerprint density at radius 3 is 2.68 bits per heavy atom. The van der Waals surface area contributed by atoms with E-state index in [1.807, 2.05) is 24.3 Å². The van der Waals surface area contributed by atoms with Crippen molar-refractivity contribution in [2.45, 2.75) is 48.8 Å². The molecular formula is C17H19N5O2S. The van der Waals surface area contributed by atoms with E-state index in [1.165, 1.54) is 0 Å². The third kappa shape index (κ3) is 3.32. The van der Waals surface area contributed by atoms with Crippen LogP contribution in [-0.2, 0) is 11.3 Å². The van der Waals surface area contributed by atoms with Crippen LogP contribution < -0.4 is 5.73 Å². The number of aromatic nitrogens is 4. The summed E-state index contributed by atoms with van der Waals surface area (Å²) in [5.41, 5.74) is 6.87. The fourth-order valence-corrected chi connectivity index (χ4v) is 3.95. The van der Waals surface area contributed by atoms with Gasteiger partial charge in [0, 0.05) is 4.90 Å². The van der Waals surface area contributed by atoms with Gasteiger partial charge in [-0.25, -0.2) is 0 Å². The Labute approximate surface area is 149 Å². The monoisotopic (exact) mass is 357 g/mol. The average Bonchev–Trinajstić information content (AvgIpc) is 3.35. The molecule has 0 spiro atoms. The van der Waals surface area contributed by atoms with Gasteiger partial charge >= 0.3 is 0 Å². The van der Waals surface area contributed by atoms with Crippen molar-refractivity contribution >= 4 is 11.8 Å². The summed E-state index contributed by atoms with van der Waals surface area (Å²) in [5.74, 6) is 2.91. The van der Waals surface area contributed by atoms with Crippen LogP contribution in [0.25, 0.3) is 11.5 Å². The van der Waals surface area contributed by atoms with Crippen molar-refractivity contribution in [2.24, 2.45) is 5.73 Å². The van der Waals surface area contributed by atoms with Gasteiger partial charge < -0.3 is 14.8 Å². The molecule has 7 nitrogen and oxygen atoms in total. The van der Waals surface area contributed by atoms with Gasteiger partial charge in [-0.1, -0.05) is 35.3 Å². The first-order valence-corrected chi connectivity index (χ1v) is 9.27. The zero-order valence-electron chi connectivity index (χ0n) is 13.9. The van der Waals surface area contributed by atoms with Crippen LogP contribution >= 0.6 is 11.8 Å². The fourth-order valence-electron chi connectivity index (χ4n) is 3.07. The van der Waals surface area contributed by atoms with Gasteiger partial charge in [0.2, 0.25) is 5.89 Å².